The van der Waals surface area contributed by atoms with Crippen molar-refractivity contribution in [2.24, 2.45) is 5.41 Å². The third-order valence-electron chi connectivity index (χ3n) is 4.75. The van der Waals surface area contributed by atoms with Gasteiger partial charge in [0.05, 0.1) is 9.82 Å². The Balaban J connectivity index is 1.80. The number of hydrogen-bond donors (Lipinski definition) is 1. The fraction of sp³-hybridized carbons (Fsp3) is 0.571. The summed E-state index contributed by atoms with van der Waals surface area (Å²) in [5.74, 6) is 0. The van der Waals surface area contributed by atoms with Crippen LogP contribution in [0.25, 0.3) is 0 Å². The highest BCUT2D eigenvalue weighted by molar-refractivity contribution is 7.89. The Labute approximate surface area is 129 Å². The molecule has 7 nitrogen and oxygen atoms in total. The van der Waals surface area contributed by atoms with Crippen molar-refractivity contribution in [3.8, 4) is 0 Å². The molecule has 2 aliphatic rings. The summed E-state index contributed by atoms with van der Waals surface area (Å²) in [7, 11) is -3.57. The third-order valence-corrected chi connectivity index (χ3v) is 6.61. The number of nitro benzene ring substituents is 1. The van der Waals surface area contributed by atoms with E-state index in [1.807, 2.05) is 0 Å². The SMILES string of the molecule is O=[N+]([O-])c1ccc(S(=O)(=O)N2CCC3(CCNCC3)C2)cc1. The predicted octanol–water partition coefficient (Wildman–Crippen LogP) is 1.36. The number of rotatable bonds is 3. The van der Waals surface area contributed by atoms with E-state index in [1.165, 1.54) is 28.6 Å². The predicted molar refractivity (Wildman–Crippen MR) is 81.0 cm³/mol. The lowest BCUT2D eigenvalue weighted by Gasteiger charge is -2.33. The zero-order valence-corrected chi connectivity index (χ0v) is 13.0. The Kier molecular flexibility index (Phi) is 3.92. The number of nitrogens with zero attached hydrogens (tertiary/aromatic N) is 2. The molecular formula is C14H19N3O4S. The molecule has 2 fully saturated rings. The summed E-state index contributed by atoms with van der Waals surface area (Å²) >= 11 is 0. The first-order chi connectivity index (χ1) is 10.4. The summed E-state index contributed by atoms with van der Waals surface area (Å²) in [6, 6.07) is 5.12. The molecule has 0 radical (unpaired) electrons. The van der Waals surface area contributed by atoms with Crippen LogP contribution in [0.4, 0.5) is 5.69 Å². The van der Waals surface area contributed by atoms with Crippen LogP contribution in [0.2, 0.25) is 0 Å². The quantitative estimate of drug-likeness (QED) is 0.669. The molecule has 0 amide bonds. The number of piperidine rings is 1. The molecule has 0 atom stereocenters. The van der Waals surface area contributed by atoms with E-state index in [1.54, 1.807) is 0 Å². The van der Waals surface area contributed by atoms with Crippen molar-refractivity contribution < 1.29 is 13.3 Å². The van der Waals surface area contributed by atoms with Crippen molar-refractivity contribution in [2.45, 2.75) is 24.2 Å². The number of nitro groups is 1. The van der Waals surface area contributed by atoms with E-state index >= 15 is 0 Å². The number of sulfonamides is 1. The van der Waals surface area contributed by atoms with Gasteiger partial charge in [0.15, 0.2) is 0 Å². The highest BCUT2D eigenvalue weighted by atomic mass is 32.2. The Morgan fingerprint density at radius 1 is 1.14 bits per heavy atom. The van der Waals surface area contributed by atoms with E-state index in [0.717, 1.165) is 32.4 Å². The molecule has 0 aliphatic carbocycles. The minimum Gasteiger partial charge on any atom is -0.317 e. The second kappa shape index (κ2) is 5.60. The van der Waals surface area contributed by atoms with E-state index in [0.29, 0.717) is 13.1 Å². The van der Waals surface area contributed by atoms with Crippen LogP contribution < -0.4 is 5.32 Å². The maximum atomic E-state index is 12.7. The molecule has 22 heavy (non-hydrogen) atoms. The first kappa shape index (κ1) is 15.4. The monoisotopic (exact) mass is 325 g/mol. The summed E-state index contributed by atoms with van der Waals surface area (Å²) in [6.45, 7) is 2.95. The topological polar surface area (TPSA) is 92.5 Å². The molecule has 0 bridgehead atoms. The van der Waals surface area contributed by atoms with Gasteiger partial charge in [0.1, 0.15) is 0 Å². The fourth-order valence-electron chi connectivity index (χ4n) is 3.35. The maximum Gasteiger partial charge on any atom is 0.269 e. The molecular weight excluding hydrogens is 306 g/mol. The summed E-state index contributed by atoms with van der Waals surface area (Å²) in [5.41, 5.74) is -0.00534. The van der Waals surface area contributed by atoms with E-state index in [-0.39, 0.29) is 16.0 Å². The highest BCUT2D eigenvalue weighted by Crippen LogP contribution is 2.40. The van der Waals surface area contributed by atoms with Crippen LogP contribution in [0.5, 0.6) is 0 Å². The van der Waals surface area contributed by atoms with Crippen LogP contribution in [-0.4, -0.2) is 43.8 Å². The second-order valence-electron chi connectivity index (χ2n) is 6.09. The smallest absolute Gasteiger partial charge is 0.269 e. The van der Waals surface area contributed by atoms with Crippen LogP contribution in [0, 0.1) is 15.5 Å². The van der Waals surface area contributed by atoms with Crippen molar-refractivity contribution in [3.63, 3.8) is 0 Å². The molecule has 1 N–H and O–H groups in total. The Morgan fingerprint density at radius 2 is 1.77 bits per heavy atom. The van der Waals surface area contributed by atoms with Gasteiger partial charge in [-0.25, -0.2) is 8.42 Å². The van der Waals surface area contributed by atoms with Crippen LogP contribution in [0.15, 0.2) is 29.2 Å². The van der Waals surface area contributed by atoms with Gasteiger partial charge in [-0.1, -0.05) is 0 Å². The van der Waals surface area contributed by atoms with Gasteiger partial charge in [-0.3, -0.25) is 10.1 Å². The second-order valence-corrected chi connectivity index (χ2v) is 8.03. The molecule has 1 aromatic carbocycles. The Bertz CT molecular complexity index is 666. The summed E-state index contributed by atoms with van der Waals surface area (Å²) < 4.78 is 26.9. The first-order valence-electron chi connectivity index (χ1n) is 7.38. The van der Waals surface area contributed by atoms with E-state index < -0.39 is 14.9 Å². The van der Waals surface area contributed by atoms with Gasteiger partial charge in [0.25, 0.3) is 5.69 Å². The third kappa shape index (κ3) is 2.73. The number of non-ortho nitro benzene ring substituents is 1. The van der Waals surface area contributed by atoms with Crippen molar-refractivity contribution in [2.75, 3.05) is 26.2 Å². The summed E-state index contributed by atoms with van der Waals surface area (Å²) in [4.78, 5) is 10.3. The molecule has 2 aliphatic heterocycles. The van der Waals surface area contributed by atoms with Crippen LogP contribution in [0.1, 0.15) is 19.3 Å². The van der Waals surface area contributed by atoms with Crippen molar-refractivity contribution in [3.05, 3.63) is 34.4 Å². The molecule has 8 heteroatoms. The average Bonchev–Trinajstić information content (AvgIpc) is 2.92. The Morgan fingerprint density at radius 3 is 2.36 bits per heavy atom. The van der Waals surface area contributed by atoms with E-state index in [9.17, 15) is 18.5 Å². The fourth-order valence-corrected chi connectivity index (χ4v) is 4.91. The molecule has 2 heterocycles. The standard InChI is InChI=1S/C14H19N3O4S/c18-17(19)12-1-3-13(4-2-12)22(20,21)16-10-7-14(11-16)5-8-15-9-6-14/h1-4,15H,5-11H2. The lowest BCUT2D eigenvalue weighted by molar-refractivity contribution is -0.384. The van der Waals surface area contributed by atoms with Gasteiger partial charge >= 0.3 is 0 Å². The largest absolute Gasteiger partial charge is 0.317 e. The molecule has 2 saturated heterocycles. The lowest BCUT2D eigenvalue weighted by atomic mass is 9.78. The van der Waals surface area contributed by atoms with Gasteiger partial charge in [-0.15, -0.1) is 0 Å². The molecule has 1 spiro atoms. The van der Waals surface area contributed by atoms with E-state index in [2.05, 4.69) is 5.32 Å². The first-order valence-corrected chi connectivity index (χ1v) is 8.82. The lowest BCUT2D eigenvalue weighted by Crippen LogP contribution is -2.39. The maximum absolute atomic E-state index is 12.7. The zero-order valence-electron chi connectivity index (χ0n) is 12.2. The molecule has 0 aromatic heterocycles. The molecule has 120 valence electrons. The normalized spacial score (nSPS) is 22.0. The summed E-state index contributed by atoms with van der Waals surface area (Å²) in [5, 5.41) is 14.0. The number of hydrogen-bond acceptors (Lipinski definition) is 5. The minimum atomic E-state index is -3.57. The summed E-state index contributed by atoms with van der Waals surface area (Å²) in [6.07, 6.45) is 2.89. The van der Waals surface area contributed by atoms with Gasteiger partial charge < -0.3 is 5.32 Å². The zero-order chi connectivity index (χ0) is 15.8. The highest BCUT2D eigenvalue weighted by Gasteiger charge is 2.43. The van der Waals surface area contributed by atoms with Crippen LogP contribution in [-0.2, 0) is 10.0 Å². The van der Waals surface area contributed by atoms with Crippen molar-refractivity contribution in [1.82, 2.24) is 9.62 Å². The van der Waals surface area contributed by atoms with Gasteiger partial charge in [0.2, 0.25) is 10.0 Å². The molecule has 1 aromatic rings. The van der Waals surface area contributed by atoms with E-state index in [4.69, 9.17) is 0 Å². The van der Waals surface area contributed by atoms with Gasteiger partial charge in [0, 0.05) is 25.2 Å². The minimum absolute atomic E-state index is 0.0963. The number of nitrogens with one attached hydrogen (secondary N) is 1. The Hall–Kier alpha value is -1.51. The van der Waals surface area contributed by atoms with Gasteiger partial charge in [-0.2, -0.15) is 4.31 Å². The molecule has 3 rings (SSSR count). The average molecular weight is 325 g/mol. The van der Waals surface area contributed by atoms with Crippen LogP contribution in [0.3, 0.4) is 0 Å². The molecule has 0 unspecified atom stereocenters. The van der Waals surface area contributed by atoms with Crippen LogP contribution >= 0.6 is 0 Å². The number of benzene rings is 1. The van der Waals surface area contributed by atoms with Crippen molar-refractivity contribution >= 4 is 15.7 Å². The van der Waals surface area contributed by atoms with Gasteiger partial charge in [-0.05, 0) is 49.9 Å². The van der Waals surface area contributed by atoms with Crippen molar-refractivity contribution in [1.29, 1.82) is 0 Å². The molecule has 0 saturated carbocycles.